The third kappa shape index (κ3) is 2.82. The molecule has 1 aromatic rings. The molecule has 1 saturated carbocycles. The van der Waals surface area contributed by atoms with E-state index < -0.39 is 6.10 Å². The Morgan fingerprint density at radius 2 is 2.06 bits per heavy atom. The molecule has 1 aliphatic rings. The molecular weight excluding hydrogens is 202 g/mol. The zero-order valence-electron chi connectivity index (χ0n) is 9.97. The number of nitrogens with zero attached hydrogens (tertiary/aromatic N) is 3. The van der Waals surface area contributed by atoms with Crippen LogP contribution in [-0.4, -0.2) is 20.1 Å². The highest BCUT2D eigenvalue weighted by atomic mass is 16.3. The minimum atomic E-state index is -0.400. The lowest BCUT2D eigenvalue weighted by molar-refractivity contribution is 0.131. The molecule has 2 rings (SSSR count). The Morgan fingerprint density at radius 1 is 1.38 bits per heavy atom. The van der Waals surface area contributed by atoms with Gasteiger partial charge in [0.05, 0.1) is 18.0 Å². The molecule has 4 nitrogen and oxygen atoms in total. The summed E-state index contributed by atoms with van der Waals surface area (Å²) in [5, 5.41) is 17.8. The van der Waals surface area contributed by atoms with Crippen molar-refractivity contribution in [3.05, 3.63) is 11.9 Å². The molecule has 1 fully saturated rings. The Hall–Kier alpha value is -0.900. The molecule has 4 heteroatoms. The van der Waals surface area contributed by atoms with E-state index in [1.165, 1.54) is 38.5 Å². The number of aliphatic hydroxyl groups is 1. The van der Waals surface area contributed by atoms with Gasteiger partial charge in [0, 0.05) is 7.05 Å². The summed E-state index contributed by atoms with van der Waals surface area (Å²) in [6.45, 7) is 0. The highest BCUT2D eigenvalue weighted by Gasteiger charge is 2.19. The van der Waals surface area contributed by atoms with Crippen molar-refractivity contribution in [1.29, 1.82) is 0 Å². The van der Waals surface area contributed by atoms with Crippen LogP contribution in [-0.2, 0) is 7.05 Å². The van der Waals surface area contributed by atoms with Gasteiger partial charge in [-0.3, -0.25) is 0 Å². The van der Waals surface area contributed by atoms with Crippen LogP contribution in [0.1, 0.15) is 56.7 Å². The molecule has 1 heterocycles. The van der Waals surface area contributed by atoms with E-state index in [1.807, 2.05) is 7.05 Å². The van der Waals surface area contributed by atoms with Crippen LogP contribution in [0.4, 0.5) is 0 Å². The van der Waals surface area contributed by atoms with Gasteiger partial charge in [-0.1, -0.05) is 43.7 Å². The summed E-state index contributed by atoms with van der Waals surface area (Å²) in [5.74, 6) is 0.674. The average Bonchev–Trinajstić information content (AvgIpc) is 2.53. The molecule has 1 aliphatic carbocycles. The number of hydrogen-bond acceptors (Lipinski definition) is 3. The number of rotatable bonds is 3. The van der Waals surface area contributed by atoms with Gasteiger partial charge in [-0.15, -0.1) is 5.10 Å². The lowest BCUT2D eigenvalue weighted by Crippen LogP contribution is -2.10. The van der Waals surface area contributed by atoms with Crippen molar-refractivity contribution in [2.24, 2.45) is 13.0 Å². The fraction of sp³-hybridized carbons (Fsp3) is 0.833. The molecule has 1 atom stereocenters. The molecular formula is C12H21N3O. The minimum Gasteiger partial charge on any atom is -0.387 e. The molecule has 0 aliphatic heterocycles. The summed E-state index contributed by atoms with van der Waals surface area (Å²) in [5.41, 5.74) is 0.837. The van der Waals surface area contributed by atoms with Crippen molar-refractivity contribution in [1.82, 2.24) is 15.0 Å². The van der Waals surface area contributed by atoms with Crippen LogP contribution in [0.15, 0.2) is 6.20 Å². The van der Waals surface area contributed by atoms with Crippen LogP contribution < -0.4 is 0 Å². The van der Waals surface area contributed by atoms with Gasteiger partial charge >= 0.3 is 0 Å². The second kappa shape index (κ2) is 5.43. The Morgan fingerprint density at radius 3 is 2.62 bits per heavy atom. The largest absolute Gasteiger partial charge is 0.387 e. The predicted molar refractivity (Wildman–Crippen MR) is 61.8 cm³/mol. The van der Waals surface area contributed by atoms with Gasteiger partial charge in [0.25, 0.3) is 0 Å². The van der Waals surface area contributed by atoms with Crippen molar-refractivity contribution in [2.75, 3.05) is 0 Å². The van der Waals surface area contributed by atoms with Crippen LogP contribution in [0.5, 0.6) is 0 Å². The SMILES string of the molecule is Cn1nncc1C(O)CC1CCCCCC1. The van der Waals surface area contributed by atoms with Crippen LogP contribution in [0.3, 0.4) is 0 Å². The lowest BCUT2D eigenvalue weighted by Gasteiger charge is -2.18. The lowest BCUT2D eigenvalue weighted by atomic mass is 9.93. The Bertz CT molecular complexity index is 316. The van der Waals surface area contributed by atoms with Crippen molar-refractivity contribution in [2.45, 2.75) is 51.0 Å². The second-order valence-corrected chi connectivity index (χ2v) is 4.89. The summed E-state index contributed by atoms with van der Waals surface area (Å²) in [7, 11) is 1.83. The van der Waals surface area contributed by atoms with E-state index in [2.05, 4.69) is 10.3 Å². The van der Waals surface area contributed by atoms with Gasteiger partial charge in [0.15, 0.2) is 0 Å². The van der Waals surface area contributed by atoms with Crippen molar-refractivity contribution < 1.29 is 5.11 Å². The zero-order valence-corrected chi connectivity index (χ0v) is 9.97. The maximum absolute atomic E-state index is 10.1. The minimum absolute atomic E-state index is 0.400. The first-order valence-electron chi connectivity index (χ1n) is 6.30. The molecule has 1 N–H and O–H groups in total. The molecule has 0 radical (unpaired) electrons. The normalized spacial score (nSPS) is 20.6. The van der Waals surface area contributed by atoms with E-state index in [0.29, 0.717) is 5.92 Å². The number of hydrogen-bond donors (Lipinski definition) is 1. The monoisotopic (exact) mass is 223 g/mol. The molecule has 1 unspecified atom stereocenters. The average molecular weight is 223 g/mol. The molecule has 0 amide bonds. The van der Waals surface area contributed by atoms with Gasteiger partial charge < -0.3 is 5.11 Å². The third-order valence-electron chi connectivity index (χ3n) is 3.62. The summed E-state index contributed by atoms with van der Waals surface area (Å²) in [6, 6.07) is 0. The molecule has 0 bridgehead atoms. The van der Waals surface area contributed by atoms with E-state index >= 15 is 0 Å². The Balaban J connectivity index is 1.91. The van der Waals surface area contributed by atoms with E-state index in [0.717, 1.165) is 12.1 Å². The first kappa shape index (κ1) is 11.6. The van der Waals surface area contributed by atoms with E-state index in [1.54, 1.807) is 10.9 Å². The zero-order chi connectivity index (χ0) is 11.4. The summed E-state index contributed by atoms with van der Waals surface area (Å²) < 4.78 is 1.67. The number of aliphatic hydroxyl groups excluding tert-OH is 1. The first-order valence-corrected chi connectivity index (χ1v) is 6.30. The van der Waals surface area contributed by atoms with Gasteiger partial charge in [-0.05, 0) is 12.3 Å². The topological polar surface area (TPSA) is 50.9 Å². The van der Waals surface area contributed by atoms with E-state index in [-0.39, 0.29) is 0 Å². The van der Waals surface area contributed by atoms with Gasteiger partial charge in [0.2, 0.25) is 0 Å². The molecule has 90 valence electrons. The second-order valence-electron chi connectivity index (χ2n) is 4.89. The Kier molecular flexibility index (Phi) is 3.93. The molecule has 1 aromatic heterocycles. The quantitative estimate of drug-likeness (QED) is 0.799. The fourth-order valence-electron chi connectivity index (χ4n) is 2.64. The number of aromatic nitrogens is 3. The van der Waals surface area contributed by atoms with Crippen molar-refractivity contribution >= 4 is 0 Å². The van der Waals surface area contributed by atoms with Gasteiger partial charge in [0.1, 0.15) is 0 Å². The molecule has 0 spiro atoms. The van der Waals surface area contributed by atoms with Crippen molar-refractivity contribution in [3.8, 4) is 0 Å². The third-order valence-corrected chi connectivity index (χ3v) is 3.62. The van der Waals surface area contributed by atoms with Gasteiger partial charge in [-0.25, -0.2) is 4.68 Å². The highest BCUT2D eigenvalue weighted by molar-refractivity contribution is 4.98. The van der Waals surface area contributed by atoms with Crippen molar-refractivity contribution in [3.63, 3.8) is 0 Å². The van der Waals surface area contributed by atoms with Crippen LogP contribution in [0, 0.1) is 5.92 Å². The molecule has 0 saturated heterocycles. The van der Waals surface area contributed by atoms with Crippen LogP contribution >= 0.6 is 0 Å². The predicted octanol–water partition coefficient (Wildman–Crippen LogP) is 2.21. The fourth-order valence-corrected chi connectivity index (χ4v) is 2.64. The van der Waals surface area contributed by atoms with Crippen LogP contribution in [0.25, 0.3) is 0 Å². The highest BCUT2D eigenvalue weighted by Crippen LogP contribution is 2.30. The summed E-state index contributed by atoms with van der Waals surface area (Å²) >= 11 is 0. The Labute approximate surface area is 96.7 Å². The first-order chi connectivity index (χ1) is 7.77. The van der Waals surface area contributed by atoms with Gasteiger partial charge in [-0.2, -0.15) is 0 Å². The van der Waals surface area contributed by atoms with E-state index in [4.69, 9.17) is 0 Å². The summed E-state index contributed by atoms with van der Waals surface area (Å²) in [4.78, 5) is 0. The molecule has 0 aromatic carbocycles. The maximum atomic E-state index is 10.1. The molecule has 16 heavy (non-hydrogen) atoms. The standard InChI is InChI=1S/C12H21N3O/c1-15-11(9-13-14-15)12(16)8-10-6-4-2-3-5-7-10/h9-10,12,16H,2-8H2,1H3. The van der Waals surface area contributed by atoms with Crippen LogP contribution in [0.2, 0.25) is 0 Å². The smallest absolute Gasteiger partial charge is 0.0975 e. The maximum Gasteiger partial charge on any atom is 0.0975 e. The summed E-state index contributed by atoms with van der Waals surface area (Å²) in [6.07, 6.45) is 10.0. The number of aryl methyl sites for hydroxylation is 1. The van der Waals surface area contributed by atoms with E-state index in [9.17, 15) is 5.11 Å².